The molecule has 0 radical (unpaired) electrons. The highest BCUT2D eigenvalue weighted by Gasteiger charge is 2.37. The number of carboxylic acid groups (broad SMARTS) is 1. The summed E-state index contributed by atoms with van der Waals surface area (Å²) in [5.74, 6) is -1.88. The van der Waals surface area contributed by atoms with Crippen LogP contribution in [-0.4, -0.2) is 36.0 Å². The van der Waals surface area contributed by atoms with Crippen LogP contribution in [0.5, 0.6) is 11.5 Å². The number of imide groups is 2. The smallest absolute Gasteiger partial charge is 0.335 e. The van der Waals surface area contributed by atoms with Crippen LogP contribution in [0.3, 0.4) is 0 Å². The molecule has 37 heavy (non-hydrogen) atoms. The number of ether oxygens (including phenoxy) is 2. The van der Waals surface area contributed by atoms with Crippen LogP contribution in [0.1, 0.15) is 27.0 Å². The number of rotatable bonds is 7. The minimum atomic E-state index is -1.03. The SMILES string of the molecule is COc1cc(/C=C2/C(=O)NC(=O)N(c3ccc(Br)c(C)c3)C2=O)ccc1OCc1cccc(C(=O)O)c1. The van der Waals surface area contributed by atoms with Gasteiger partial charge in [-0.15, -0.1) is 0 Å². The first kappa shape index (κ1) is 25.6. The van der Waals surface area contributed by atoms with E-state index in [0.29, 0.717) is 28.3 Å². The normalized spacial score (nSPS) is 14.5. The lowest BCUT2D eigenvalue weighted by Crippen LogP contribution is -2.54. The van der Waals surface area contributed by atoms with Crippen LogP contribution in [0.25, 0.3) is 6.08 Å². The van der Waals surface area contributed by atoms with E-state index in [9.17, 15) is 19.2 Å². The fourth-order valence-corrected chi connectivity index (χ4v) is 3.92. The molecule has 0 aromatic heterocycles. The maximum absolute atomic E-state index is 13.2. The highest BCUT2D eigenvalue weighted by Crippen LogP contribution is 2.31. The van der Waals surface area contributed by atoms with Crippen molar-refractivity contribution in [3.05, 3.63) is 93.0 Å². The molecule has 2 N–H and O–H groups in total. The van der Waals surface area contributed by atoms with Gasteiger partial charge in [0.25, 0.3) is 11.8 Å². The van der Waals surface area contributed by atoms with Gasteiger partial charge in [-0.05, 0) is 72.2 Å². The van der Waals surface area contributed by atoms with Gasteiger partial charge in [0.1, 0.15) is 12.2 Å². The first-order valence-corrected chi connectivity index (χ1v) is 11.8. The Kier molecular flexibility index (Phi) is 7.40. The molecule has 0 saturated carbocycles. The lowest BCUT2D eigenvalue weighted by molar-refractivity contribution is -0.122. The Hall–Kier alpha value is -4.44. The molecule has 1 saturated heterocycles. The Labute approximate surface area is 220 Å². The number of methoxy groups -OCH3 is 1. The highest BCUT2D eigenvalue weighted by molar-refractivity contribution is 9.10. The average molecular weight is 565 g/mol. The second-order valence-corrected chi connectivity index (χ2v) is 8.95. The largest absolute Gasteiger partial charge is 0.493 e. The number of hydrogen-bond donors (Lipinski definition) is 2. The number of anilines is 1. The molecule has 4 amide bonds. The van der Waals surface area contributed by atoms with Crippen LogP contribution in [0.4, 0.5) is 10.5 Å². The minimum absolute atomic E-state index is 0.0997. The van der Waals surface area contributed by atoms with Gasteiger partial charge in [0.2, 0.25) is 0 Å². The van der Waals surface area contributed by atoms with Gasteiger partial charge in [-0.3, -0.25) is 14.9 Å². The molecule has 4 rings (SSSR count). The summed E-state index contributed by atoms with van der Waals surface area (Å²) < 4.78 is 12.0. The van der Waals surface area contributed by atoms with Gasteiger partial charge in [-0.25, -0.2) is 14.5 Å². The van der Waals surface area contributed by atoms with E-state index in [2.05, 4.69) is 21.2 Å². The Morgan fingerprint density at radius 2 is 1.84 bits per heavy atom. The molecule has 188 valence electrons. The van der Waals surface area contributed by atoms with Crippen molar-refractivity contribution in [1.82, 2.24) is 5.32 Å². The van der Waals surface area contributed by atoms with Crippen LogP contribution < -0.4 is 19.7 Å². The van der Waals surface area contributed by atoms with Gasteiger partial charge in [-0.1, -0.05) is 34.1 Å². The standard InChI is InChI=1S/C27H21BrN2O7/c1-15-10-19(7-8-21(15)28)30-25(32)20(24(31)29-27(30)35)12-16-6-9-22(23(13-16)36-2)37-14-17-4-3-5-18(11-17)26(33)34/h3-13H,14H2,1-2H3,(H,33,34)(H,29,31,35)/b20-12-. The van der Waals surface area contributed by atoms with Crippen molar-refractivity contribution < 1.29 is 33.8 Å². The molecule has 1 aliphatic heterocycles. The second kappa shape index (κ2) is 10.7. The van der Waals surface area contributed by atoms with Crippen molar-refractivity contribution in [3.63, 3.8) is 0 Å². The molecule has 3 aromatic carbocycles. The van der Waals surface area contributed by atoms with Crippen LogP contribution in [0, 0.1) is 6.92 Å². The molecule has 0 unspecified atom stereocenters. The molecule has 0 atom stereocenters. The third-order valence-corrected chi connectivity index (χ3v) is 6.46. The Morgan fingerprint density at radius 3 is 2.54 bits per heavy atom. The summed E-state index contributed by atoms with van der Waals surface area (Å²) in [6.45, 7) is 1.92. The van der Waals surface area contributed by atoms with Crippen molar-refractivity contribution in [3.8, 4) is 11.5 Å². The van der Waals surface area contributed by atoms with Gasteiger partial charge < -0.3 is 14.6 Å². The highest BCUT2D eigenvalue weighted by atomic mass is 79.9. The van der Waals surface area contributed by atoms with E-state index in [4.69, 9.17) is 14.6 Å². The molecule has 0 bridgehead atoms. The number of barbiturate groups is 1. The Balaban J connectivity index is 1.58. The summed E-state index contributed by atoms with van der Waals surface area (Å²) >= 11 is 3.39. The molecular weight excluding hydrogens is 544 g/mol. The first-order valence-electron chi connectivity index (χ1n) is 11.0. The van der Waals surface area contributed by atoms with Gasteiger partial charge in [0.15, 0.2) is 11.5 Å². The first-order chi connectivity index (χ1) is 17.7. The number of carbonyl (C=O) groups is 4. The molecule has 1 aliphatic rings. The average Bonchev–Trinajstić information content (AvgIpc) is 2.87. The maximum Gasteiger partial charge on any atom is 0.335 e. The van der Waals surface area contributed by atoms with Crippen LogP contribution in [0.2, 0.25) is 0 Å². The van der Waals surface area contributed by atoms with Gasteiger partial charge >= 0.3 is 12.0 Å². The quantitative estimate of drug-likeness (QED) is 0.314. The molecular formula is C27H21BrN2O7. The number of nitrogens with one attached hydrogen (secondary N) is 1. The topological polar surface area (TPSA) is 122 Å². The summed E-state index contributed by atoms with van der Waals surface area (Å²) in [4.78, 5) is 50.2. The zero-order valence-corrected chi connectivity index (χ0v) is 21.4. The predicted molar refractivity (Wildman–Crippen MR) is 139 cm³/mol. The molecule has 1 fully saturated rings. The van der Waals surface area contributed by atoms with Crippen molar-refractivity contribution in [1.29, 1.82) is 0 Å². The Morgan fingerprint density at radius 1 is 1.05 bits per heavy atom. The van der Waals surface area contributed by atoms with E-state index in [1.165, 1.54) is 25.3 Å². The van der Waals surface area contributed by atoms with E-state index >= 15 is 0 Å². The fraction of sp³-hybridized carbons (Fsp3) is 0.111. The van der Waals surface area contributed by atoms with E-state index in [1.54, 1.807) is 48.5 Å². The van der Waals surface area contributed by atoms with Gasteiger partial charge in [0, 0.05) is 4.47 Å². The fourth-order valence-electron chi connectivity index (χ4n) is 3.68. The third-order valence-electron chi connectivity index (χ3n) is 5.57. The number of amides is 4. The molecule has 9 nitrogen and oxygen atoms in total. The van der Waals surface area contributed by atoms with E-state index in [-0.39, 0.29) is 17.7 Å². The number of carbonyl (C=O) groups excluding carboxylic acids is 3. The van der Waals surface area contributed by atoms with Crippen molar-refractivity contribution in [2.45, 2.75) is 13.5 Å². The monoisotopic (exact) mass is 564 g/mol. The van der Waals surface area contributed by atoms with Gasteiger partial charge in [0.05, 0.1) is 18.4 Å². The number of aryl methyl sites for hydroxylation is 1. The van der Waals surface area contributed by atoms with Crippen LogP contribution in [0.15, 0.2) is 70.7 Å². The lowest BCUT2D eigenvalue weighted by atomic mass is 10.1. The number of carboxylic acids is 1. The lowest BCUT2D eigenvalue weighted by Gasteiger charge is -2.26. The molecule has 3 aromatic rings. The number of aromatic carboxylic acids is 1. The summed E-state index contributed by atoms with van der Waals surface area (Å²) in [5.41, 5.74) is 2.20. The van der Waals surface area contributed by atoms with E-state index < -0.39 is 23.8 Å². The maximum atomic E-state index is 13.2. The summed E-state index contributed by atoms with van der Waals surface area (Å²) in [7, 11) is 1.44. The van der Waals surface area contributed by atoms with Crippen LogP contribution in [-0.2, 0) is 16.2 Å². The number of benzene rings is 3. The van der Waals surface area contributed by atoms with E-state index in [0.717, 1.165) is 14.9 Å². The number of hydrogen-bond acceptors (Lipinski definition) is 6. The van der Waals surface area contributed by atoms with Gasteiger partial charge in [-0.2, -0.15) is 0 Å². The van der Waals surface area contributed by atoms with E-state index in [1.807, 2.05) is 6.92 Å². The molecule has 0 spiro atoms. The summed E-state index contributed by atoms with van der Waals surface area (Å²) in [6.07, 6.45) is 1.37. The third kappa shape index (κ3) is 5.54. The zero-order chi connectivity index (χ0) is 26.7. The summed E-state index contributed by atoms with van der Waals surface area (Å²) in [6, 6.07) is 15.3. The summed E-state index contributed by atoms with van der Waals surface area (Å²) in [5, 5.41) is 11.4. The molecule has 0 aliphatic carbocycles. The minimum Gasteiger partial charge on any atom is -0.493 e. The number of nitrogens with zero attached hydrogens (tertiary/aromatic N) is 1. The molecule has 1 heterocycles. The van der Waals surface area contributed by atoms with Crippen LogP contribution >= 0.6 is 15.9 Å². The Bertz CT molecular complexity index is 1460. The predicted octanol–water partition coefficient (Wildman–Crippen LogP) is 4.71. The zero-order valence-electron chi connectivity index (χ0n) is 19.8. The number of halogens is 1. The van der Waals surface area contributed by atoms with Crippen molar-refractivity contribution in [2.75, 3.05) is 12.0 Å². The number of urea groups is 1. The second-order valence-electron chi connectivity index (χ2n) is 8.10. The van der Waals surface area contributed by atoms with Crippen molar-refractivity contribution in [2.24, 2.45) is 0 Å². The molecule has 10 heteroatoms. The van der Waals surface area contributed by atoms with Crippen molar-refractivity contribution >= 4 is 51.5 Å².